The van der Waals surface area contributed by atoms with Crippen molar-refractivity contribution >= 4 is 17.7 Å². The Morgan fingerprint density at radius 1 is 1.25 bits per heavy atom. The van der Waals surface area contributed by atoms with Gasteiger partial charge in [-0.05, 0) is 11.6 Å². The zero-order valence-electron chi connectivity index (χ0n) is 13.3. The molecule has 2 rings (SSSR count). The first-order chi connectivity index (χ1) is 11.6. The van der Waals surface area contributed by atoms with Crippen molar-refractivity contribution in [1.29, 1.82) is 0 Å². The average molecular weight is 352 g/mol. The summed E-state index contributed by atoms with van der Waals surface area (Å²) >= 11 is 5.66. The fourth-order valence-corrected chi connectivity index (χ4v) is 2.38. The maximum atomic E-state index is 13.9. The Morgan fingerprint density at radius 2 is 2.00 bits per heavy atom. The van der Waals surface area contributed by atoms with Crippen LogP contribution in [0.5, 0.6) is 5.75 Å². The Bertz CT molecular complexity index is 667. The second kappa shape index (κ2) is 9.13. The highest BCUT2D eigenvalue weighted by Gasteiger charge is 2.15. The Kier molecular flexibility index (Phi) is 6.88. The molecule has 1 atom stereocenters. The average Bonchev–Trinajstić information content (AvgIpc) is 2.61. The normalized spacial score (nSPS) is 11.6. The van der Waals surface area contributed by atoms with Crippen LogP contribution >= 0.6 is 11.6 Å². The van der Waals surface area contributed by atoms with E-state index in [0.29, 0.717) is 17.7 Å². The molecule has 0 heterocycles. The molecule has 0 bridgehead atoms. The summed E-state index contributed by atoms with van der Waals surface area (Å²) in [4.78, 5) is 11.2. The molecule has 1 N–H and O–H groups in total. The summed E-state index contributed by atoms with van der Waals surface area (Å²) in [6.45, 7) is 0.182. The van der Waals surface area contributed by atoms with Gasteiger partial charge in [-0.2, -0.15) is 0 Å². The molecule has 2 aromatic rings. The number of benzene rings is 2. The molecular weight excluding hydrogens is 333 g/mol. The van der Waals surface area contributed by atoms with Gasteiger partial charge in [0.15, 0.2) is 0 Å². The monoisotopic (exact) mass is 351 g/mol. The van der Waals surface area contributed by atoms with Gasteiger partial charge in [-0.25, -0.2) is 9.18 Å². The highest BCUT2D eigenvalue weighted by atomic mass is 35.5. The minimum Gasteiger partial charge on any atom is -0.485 e. The third-order valence-corrected chi connectivity index (χ3v) is 3.72. The van der Waals surface area contributed by atoms with E-state index in [4.69, 9.17) is 21.1 Å². The topological polar surface area (TPSA) is 47.6 Å². The molecule has 4 nitrogen and oxygen atoms in total. The molecule has 0 aliphatic heterocycles. The largest absolute Gasteiger partial charge is 0.485 e. The van der Waals surface area contributed by atoms with Gasteiger partial charge in [0, 0.05) is 25.1 Å². The summed E-state index contributed by atoms with van der Waals surface area (Å²) < 4.78 is 24.8. The van der Waals surface area contributed by atoms with Gasteiger partial charge < -0.3 is 14.8 Å². The van der Waals surface area contributed by atoms with Gasteiger partial charge in [0.1, 0.15) is 17.7 Å². The first-order valence-corrected chi connectivity index (χ1v) is 8.08. The summed E-state index contributed by atoms with van der Waals surface area (Å²) in [5.74, 6) is 0.0971. The Labute approximate surface area is 145 Å². The SMILES string of the molecule is CNC(=O)OCCC(Oc1ccc(CCl)c(F)c1)c1ccccc1. The van der Waals surface area contributed by atoms with E-state index < -0.39 is 11.9 Å². The zero-order valence-corrected chi connectivity index (χ0v) is 14.1. The van der Waals surface area contributed by atoms with Crippen LogP contribution in [0.2, 0.25) is 0 Å². The van der Waals surface area contributed by atoms with Crippen LogP contribution in [0.25, 0.3) is 0 Å². The first kappa shape index (κ1) is 18.1. The molecule has 1 amide bonds. The van der Waals surface area contributed by atoms with Gasteiger partial charge in [0.05, 0.1) is 12.5 Å². The quantitative estimate of drug-likeness (QED) is 0.751. The number of ether oxygens (including phenoxy) is 2. The number of alkyl halides is 1. The molecule has 6 heteroatoms. The number of carbonyl (C=O) groups excluding carboxylic acids is 1. The van der Waals surface area contributed by atoms with Crippen LogP contribution in [-0.2, 0) is 10.6 Å². The molecule has 0 spiro atoms. The third kappa shape index (κ3) is 5.13. The van der Waals surface area contributed by atoms with Crippen LogP contribution in [0.4, 0.5) is 9.18 Å². The summed E-state index contributed by atoms with van der Waals surface area (Å²) in [6.07, 6.45) is -0.424. The highest BCUT2D eigenvalue weighted by molar-refractivity contribution is 6.17. The Balaban J connectivity index is 2.10. The van der Waals surface area contributed by atoms with E-state index in [2.05, 4.69) is 5.32 Å². The van der Waals surface area contributed by atoms with Crippen LogP contribution in [0.3, 0.4) is 0 Å². The van der Waals surface area contributed by atoms with Crippen LogP contribution in [-0.4, -0.2) is 19.7 Å². The second-order valence-electron chi connectivity index (χ2n) is 5.08. The fraction of sp³-hybridized carbons (Fsp3) is 0.278. The predicted molar refractivity (Wildman–Crippen MR) is 90.8 cm³/mol. The number of alkyl carbamates (subject to hydrolysis) is 1. The molecule has 1 unspecified atom stereocenters. The van der Waals surface area contributed by atoms with Crippen LogP contribution in [0, 0.1) is 5.82 Å². The molecule has 0 saturated heterocycles. The van der Waals surface area contributed by atoms with Crippen molar-refractivity contribution in [3.63, 3.8) is 0 Å². The number of carbonyl (C=O) groups is 1. The number of nitrogens with one attached hydrogen (secondary N) is 1. The lowest BCUT2D eigenvalue weighted by Gasteiger charge is -2.20. The summed E-state index contributed by atoms with van der Waals surface area (Å²) in [6, 6.07) is 14.1. The van der Waals surface area contributed by atoms with Gasteiger partial charge in [0.2, 0.25) is 0 Å². The zero-order chi connectivity index (χ0) is 17.4. The predicted octanol–water partition coefficient (Wildman–Crippen LogP) is 4.43. The maximum Gasteiger partial charge on any atom is 0.406 e. The van der Waals surface area contributed by atoms with E-state index in [1.54, 1.807) is 12.1 Å². The van der Waals surface area contributed by atoms with Crippen molar-refractivity contribution in [3.05, 3.63) is 65.5 Å². The molecule has 128 valence electrons. The lowest BCUT2D eigenvalue weighted by atomic mass is 10.1. The van der Waals surface area contributed by atoms with Gasteiger partial charge in [-0.15, -0.1) is 11.6 Å². The number of halogens is 2. The van der Waals surface area contributed by atoms with Crippen molar-refractivity contribution in [2.75, 3.05) is 13.7 Å². The van der Waals surface area contributed by atoms with Gasteiger partial charge in [0.25, 0.3) is 0 Å². The number of amides is 1. The van der Waals surface area contributed by atoms with E-state index >= 15 is 0 Å². The van der Waals surface area contributed by atoms with E-state index in [-0.39, 0.29) is 18.6 Å². The van der Waals surface area contributed by atoms with E-state index in [0.717, 1.165) is 5.56 Å². The third-order valence-electron chi connectivity index (χ3n) is 3.44. The minimum atomic E-state index is -0.501. The van der Waals surface area contributed by atoms with Gasteiger partial charge in [-0.3, -0.25) is 0 Å². The van der Waals surface area contributed by atoms with Gasteiger partial charge >= 0.3 is 6.09 Å². The van der Waals surface area contributed by atoms with Crippen molar-refractivity contribution in [3.8, 4) is 5.75 Å². The summed E-state index contributed by atoms with van der Waals surface area (Å²) in [5.41, 5.74) is 1.34. The number of rotatable bonds is 7. The number of hydrogen-bond acceptors (Lipinski definition) is 3. The Morgan fingerprint density at radius 3 is 2.62 bits per heavy atom. The van der Waals surface area contributed by atoms with Crippen LogP contribution in [0.15, 0.2) is 48.5 Å². The highest BCUT2D eigenvalue weighted by Crippen LogP contribution is 2.26. The second-order valence-corrected chi connectivity index (χ2v) is 5.35. The number of hydrogen-bond donors (Lipinski definition) is 1. The molecular formula is C18H19ClFNO3. The molecule has 0 radical (unpaired) electrons. The molecule has 0 aliphatic rings. The van der Waals surface area contributed by atoms with Crippen LogP contribution in [0.1, 0.15) is 23.7 Å². The van der Waals surface area contributed by atoms with Crippen molar-refractivity contribution in [2.45, 2.75) is 18.4 Å². The van der Waals surface area contributed by atoms with Crippen molar-refractivity contribution in [2.24, 2.45) is 0 Å². The maximum absolute atomic E-state index is 13.9. The molecule has 0 saturated carbocycles. The van der Waals surface area contributed by atoms with Crippen LogP contribution < -0.4 is 10.1 Å². The Hall–Kier alpha value is -2.27. The van der Waals surface area contributed by atoms with Crippen molar-refractivity contribution in [1.82, 2.24) is 5.32 Å². The lowest BCUT2D eigenvalue weighted by Crippen LogP contribution is -2.21. The molecule has 0 aliphatic carbocycles. The first-order valence-electron chi connectivity index (χ1n) is 7.54. The molecule has 24 heavy (non-hydrogen) atoms. The van der Waals surface area contributed by atoms with Crippen molar-refractivity contribution < 1.29 is 18.7 Å². The van der Waals surface area contributed by atoms with Gasteiger partial charge in [-0.1, -0.05) is 36.4 Å². The van der Waals surface area contributed by atoms with E-state index in [1.165, 1.54) is 13.1 Å². The standard InChI is InChI=1S/C18H19ClFNO3/c1-21-18(22)23-10-9-17(13-5-3-2-4-6-13)24-15-8-7-14(12-19)16(20)11-15/h2-8,11,17H,9-10,12H2,1H3,(H,21,22). The smallest absolute Gasteiger partial charge is 0.406 e. The minimum absolute atomic E-state index is 0.105. The molecule has 0 aromatic heterocycles. The van der Waals surface area contributed by atoms with E-state index in [9.17, 15) is 9.18 Å². The molecule has 2 aromatic carbocycles. The molecule has 0 fully saturated rings. The summed E-state index contributed by atoms with van der Waals surface area (Å²) in [5, 5.41) is 2.38. The summed E-state index contributed by atoms with van der Waals surface area (Å²) in [7, 11) is 1.49. The fourth-order valence-electron chi connectivity index (χ4n) is 2.17. The lowest BCUT2D eigenvalue weighted by molar-refractivity contribution is 0.117. The van der Waals surface area contributed by atoms with E-state index in [1.807, 2.05) is 30.3 Å².